The number of imidazole rings is 1. The van der Waals surface area contributed by atoms with Gasteiger partial charge in [0.1, 0.15) is 42.0 Å². The highest BCUT2D eigenvalue weighted by atomic mass is 16.4. The van der Waals surface area contributed by atoms with Crippen LogP contribution < -0.4 is 49.1 Å². The van der Waals surface area contributed by atoms with Gasteiger partial charge in [-0.2, -0.15) is 0 Å². The van der Waals surface area contributed by atoms with E-state index in [-0.39, 0.29) is 57.4 Å². The van der Waals surface area contributed by atoms with Crippen LogP contribution in [-0.2, 0) is 60.8 Å². The van der Waals surface area contributed by atoms with Gasteiger partial charge in [0.15, 0.2) is 0 Å². The van der Waals surface area contributed by atoms with E-state index >= 15 is 0 Å². The first-order valence-electron chi connectivity index (χ1n) is 21.3. The second-order valence-corrected chi connectivity index (χ2v) is 15.8. The van der Waals surface area contributed by atoms with Crippen molar-refractivity contribution in [1.29, 1.82) is 0 Å². The van der Waals surface area contributed by atoms with Crippen molar-refractivity contribution in [2.24, 2.45) is 17.2 Å². The molecule has 3 rings (SSSR count). The Morgan fingerprint density at radius 3 is 2.00 bits per heavy atom. The number of nitrogens with two attached hydrogens (primary N) is 3. The molecule has 1 fully saturated rings. The number of aromatic nitrogens is 2. The summed E-state index contributed by atoms with van der Waals surface area (Å²) in [7, 11) is 0. The van der Waals surface area contributed by atoms with Gasteiger partial charge in [-0.15, -0.1) is 0 Å². The summed E-state index contributed by atoms with van der Waals surface area (Å²) < 4.78 is 0. The number of phenolic OH excluding ortho intramolecular Hbond substituents is 1. The molecule has 0 unspecified atom stereocenters. The van der Waals surface area contributed by atoms with Gasteiger partial charge < -0.3 is 74.3 Å². The molecule has 66 heavy (non-hydrogen) atoms. The summed E-state index contributed by atoms with van der Waals surface area (Å²) in [4.78, 5) is 137. The Labute approximate surface area is 379 Å². The number of carboxylic acids is 2. The van der Waals surface area contributed by atoms with Gasteiger partial charge in [0, 0.05) is 44.1 Å². The van der Waals surface area contributed by atoms with Gasteiger partial charge in [-0.1, -0.05) is 12.1 Å². The van der Waals surface area contributed by atoms with E-state index < -0.39 is 121 Å². The lowest BCUT2D eigenvalue weighted by Gasteiger charge is -2.28. The van der Waals surface area contributed by atoms with E-state index in [1.54, 1.807) is 0 Å². The molecule has 1 saturated heterocycles. The van der Waals surface area contributed by atoms with Crippen molar-refractivity contribution in [3.05, 3.63) is 48.0 Å². The highest BCUT2D eigenvalue weighted by molar-refractivity contribution is 5.97. The number of aliphatic carboxylic acids is 2. The molecule has 8 amide bonds. The summed E-state index contributed by atoms with van der Waals surface area (Å²) in [6.45, 7) is 0.992. The number of rotatable bonds is 28. The molecule has 2 aromatic rings. The fraction of sp³-hybridized carbons (Fsp3) is 0.537. The quantitative estimate of drug-likeness (QED) is 0.0363. The predicted molar refractivity (Wildman–Crippen MR) is 231 cm³/mol. The third kappa shape index (κ3) is 17.8. The summed E-state index contributed by atoms with van der Waals surface area (Å²) in [6, 6.07) is -3.61. The van der Waals surface area contributed by atoms with E-state index in [2.05, 4.69) is 41.9 Å². The Hall–Kier alpha value is -7.15. The van der Waals surface area contributed by atoms with E-state index in [0.717, 1.165) is 4.90 Å². The van der Waals surface area contributed by atoms with Crippen LogP contribution in [0.25, 0.3) is 0 Å². The lowest BCUT2D eigenvalue weighted by Crippen LogP contribution is -2.59. The first-order chi connectivity index (χ1) is 31.3. The number of amides is 8. The maximum Gasteiger partial charge on any atom is 0.326 e. The molecule has 1 aromatic carbocycles. The first kappa shape index (κ1) is 53.2. The van der Waals surface area contributed by atoms with Gasteiger partial charge in [-0.05, 0) is 76.1 Å². The van der Waals surface area contributed by atoms with Crippen molar-refractivity contribution in [3.8, 4) is 5.75 Å². The van der Waals surface area contributed by atoms with Crippen molar-refractivity contribution in [2.75, 3.05) is 19.6 Å². The van der Waals surface area contributed by atoms with Crippen LogP contribution >= 0.6 is 0 Å². The van der Waals surface area contributed by atoms with Crippen LogP contribution in [0.3, 0.4) is 0 Å². The van der Waals surface area contributed by atoms with E-state index in [4.69, 9.17) is 17.2 Å². The van der Waals surface area contributed by atoms with Gasteiger partial charge in [0.25, 0.3) is 0 Å². The fourth-order valence-corrected chi connectivity index (χ4v) is 6.93. The van der Waals surface area contributed by atoms with E-state index in [0.29, 0.717) is 30.5 Å². The number of carbonyl (C=O) groups is 10. The van der Waals surface area contributed by atoms with Crippen molar-refractivity contribution >= 4 is 59.2 Å². The first-order valence-corrected chi connectivity index (χ1v) is 21.3. The number of nitrogens with one attached hydrogen (secondary N) is 7. The van der Waals surface area contributed by atoms with Crippen LogP contribution in [0.15, 0.2) is 36.8 Å². The van der Waals surface area contributed by atoms with Crippen LogP contribution in [0.5, 0.6) is 5.75 Å². The normalized spacial score (nSPS) is 16.0. The topological polar surface area (TPSA) is 414 Å². The van der Waals surface area contributed by atoms with Crippen molar-refractivity contribution < 1.29 is 63.3 Å². The van der Waals surface area contributed by atoms with Gasteiger partial charge in [0.2, 0.25) is 47.3 Å². The third-order valence-electron chi connectivity index (χ3n) is 10.5. The Morgan fingerprint density at radius 1 is 0.788 bits per heavy atom. The number of hydrogen-bond donors (Lipinski definition) is 13. The van der Waals surface area contributed by atoms with E-state index in [1.807, 2.05) is 0 Å². The number of unbranched alkanes of at least 4 members (excludes halogenated alkanes) is 1. The lowest BCUT2D eigenvalue weighted by atomic mass is 10.0. The highest BCUT2D eigenvalue weighted by Crippen LogP contribution is 2.19. The van der Waals surface area contributed by atoms with Crippen molar-refractivity contribution in [1.82, 2.24) is 46.8 Å². The summed E-state index contributed by atoms with van der Waals surface area (Å²) in [5.41, 5.74) is 17.9. The van der Waals surface area contributed by atoms with Crippen LogP contribution in [0.4, 0.5) is 0 Å². The molecular weight excluding hydrogens is 869 g/mol. The molecule has 362 valence electrons. The number of benzene rings is 1. The Kier molecular flexibility index (Phi) is 21.4. The zero-order chi connectivity index (χ0) is 48.9. The Morgan fingerprint density at radius 2 is 1.39 bits per heavy atom. The zero-order valence-corrected chi connectivity index (χ0v) is 36.5. The number of aromatic amines is 1. The number of aromatic hydroxyl groups is 1. The number of carboxylic acid groups (broad SMARTS) is 2. The monoisotopic (exact) mass is 928 g/mol. The molecule has 2 heterocycles. The number of primary amides is 1. The molecule has 25 nitrogen and oxygen atoms in total. The minimum absolute atomic E-state index is 0.0287. The number of phenols is 1. The summed E-state index contributed by atoms with van der Waals surface area (Å²) in [6.07, 6.45) is 2.35. The van der Waals surface area contributed by atoms with Crippen molar-refractivity contribution in [2.45, 2.75) is 120 Å². The average Bonchev–Trinajstić information content (AvgIpc) is 3.98. The van der Waals surface area contributed by atoms with Gasteiger partial charge in [0.05, 0.1) is 18.9 Å². The second kappa shape index (κ2) is 26.6. The lowest BCUT2D eigenvalue weighted by molar-refractivity contribution is -0.149. The molecular formula is C41H60N12O13. The standard InChI is InChI=1S/C41H60N12O13/c1-22(40(64)53-16-4-6-31(53)41(65)66)48-39(63)30(17-23-7-9-25(54)10-8-23)52-38(62)29(12-14-34(57)58)51-37(61)27(5-2-3-15-42)49-33(56)20-46-36(60)28(11-13-32(44)55)50-35(59)26(43)18-24-19-45-21-47-24/h7-10,19,21-22,26-31,54H,2-6,11-18,20,42-43H2,1H3,(H2,44,55)(H,45,47)(H,46,60)(H,48,63)(H,49,56)(H,50,59)(H,51,61)(H,52,62)(H,57,58)(H,65,66)/t22-,26-,27-,28-,29-,30-,31-/m0/s1. The maximum absolute atomic E-state index is 13.9. The molecule has 0 saturated carbocycles. The summed E-state index contributed by atoms with van der Waals surface area (Å²) in [5.74, 6) is -9.42. The molecule has 1 aromatic heterocycles. The maximum atomic E-state index is 13.9. The van der Waals surface area contributed by atoms with Crippen LogP contribution in [0, 0.1) is 0 Å². The van der Waals surface area contributed by atoms with E-state index in [1.165, 1.54) is 43.7 Å². The second-order valence-electron chi connectivity index (χ2n) is 15.8. The summed E-state index contributed by atoms with van der Waals surface area (Å²) >= 11 is 0. The van der Waals surface area contributed by atoms with Gasteiger partial charge in [-0.25, -0.2) is 9.78 Å². The zero-order valence-electron chi connectivity index (χ0n) is 36.5. The predicted octanol–water partition coefficient (Wildman–Crippen LogP) is -3.88. The SMILES string of the molecule is C[C@H](NC(=O)[C@H](Cc1ccc(O)cc1)NC(=O)[C@H](CCC(=O)O)NC(=O)[C@H](CCCCN)NC(=O)CNC(=O)[C@H](CCC(N)=O)NC(=O)[C@@H](N)Cc1cnc[nH]1)C(=O)N1CCC[C@H]1C(=O)O. The number of carbonyl (C=O) groups excluding carboxylic acids is 8. The van der Waals surface area contributed by atoms with Gasteiger partial charge >= 0.3 is 11.9 Å². The molecule has 0 bridgehead atoms. The molecule has 25 heteroatoms. The Balaban J connectivity index is 1.76. The number of hydrogen-bond acceptors (Lipinski definition) is 14. The minimum atomic E-state index is -1.61. The largest absolute Gasteiger partial charge is 0.508 e. The average molecular weight is 929 g/mol. The fourth-order valence-electron chi connectivity index (χ4n) is 6.93. The molecule has 1 aliphatic rings. The number of nitrogens with zero attached hydrogens (tertiary/aromatic N) is 2. The Bertz CT molecular complexity index is 2020. The van der Waals surface area contributed by atoms with Crippen LogP contribution in [-0.4, -0.2) is 151 Å². The summed E-state index contributed by atoms with van der Waals surface area (Å²) in [5, 5.41) is 43.6. The molecule has 7 atom stereocenters. The van der Waals surface area contributed by atoms with Crippen LogP contribution in [0.1, 0.15) is 76.0 Å². The highest BCUT2D eigenvalue weighted by Gasteiger charge is 2.37. The smallest absolute Gasteiger partial charge is 0.326 e. The molecule has 0 radical (unpaired) electrons. The van der Waals surface area contributed by atoms with Crippen LogP contribution in [0.2, 0.25) is 0 Å². The molecule has 16 N–H and O–H groups in total. The number of likely N-dealkylation sites (tertiary alicyclic amines) is 1. The van der Waals surface area contributed by atoms with Gasteiger partial charge in [-0.3, -0.25) is 43.2 Å². The third-order valence-corrected chi connectivity index (χ3v) is 10.5. The molecule has 1 aliphatic heterocycles. The molecule has 0 aliphatic carbocycles. The number of H-pyrrole nitrogens is 1. The molecule has 0 spiro atoms. The van der Waals surface area contributed by atoms with Crippen molar-refractivity contribution in [3.63, 3.8) is 0 Å². The van der Waals surface area contributed by atoms with E-state index in [9.17, 15) is 63.3 Å². The minimum Gasteiger partial charge on any atom is -0.508 e.